The van der Waals surface area contributed by atoms with Crippen LogP contribution in [0.1, 0.15) is 213 Å². The van der Waals surface area contributed by atoms with Crippen molar-refractivity contribution in [2.45, 2.75) is 213 Å². The van der Waals surface area contributed by atoms with Gasteiger partial charge in [-0.15, -0.1) is 0 Å². The first kappa shape index (κ1) is 37.0. The standard InChI is InChI=1S/C36H75N/c1-4-7-9-11-13-15-17-19-21-23-25-27-29-31-33-35-37(6-3)36-34-32-30-28-26-24-22-20-18-16-14-12-10-8-5-2/h4-36H2,1-3H3. The molecule has 1 heteroatoms. The Bertz CT molecular complexity index is 345. The molecule has 1 nitrogen and oxygen atoms in total. The van der Waals surface area contributed by atoms with E-state index in [0.717, 1.165) is 0 Å². The summed E-state index contributed by atoms with van der Waals surface area (Å²) < 4.78 is 0. The van der Waals surface area contributed by atoms with Gasteiger partial charge in [0.25, 0.3) is 0 Å². The first-order valence-corrected chi connectivity index (χ1v) is 18.1. The minimum Gasteiger partial charge on any atom is -0.304 e. The summed E-state index contributed by atoms with van der Waals surface area (Å²) in [5.41, 5.74) is 0. The summed E-state index contributed by atoms with van der Waals surface area (Å²) in [6.07, 6.45) is 43.9. The van der Waals surface area contributed by atoms with Gasteiger partial charge in [0.1, 0.15) is 0 Å². The van der Waals surface area contributed by atoms with E-state index in [1.165, 1.54) is 212 Å². The third-order valence-electron chi connectivity index (χ3n) is 8.60. The van der Waals surface area contributed by atoms with E-state index in [0.29, 0.717) is 0 Å². The molecule has 0 N–H and O–H groups in total. The summed E-state index contributed by atoms with van der Waals surface area (Å²) >= 11 is 0. The van der Waals surface area contributed by atoms with Crippen LogP contribution in [0.15, 0.2) is 0 Å². The Kier molecular flexibility index (Phi) is 34.0. The highest BCUT2D eigenvalue weighted by atomic mass is 15.1. The van der Waals surface area contributed by atoms with Crippen molar-refractivity contribution >= 4 is 0 Å². The fourth-order valence-electron chi connectivity index (χ4n) is 5.84. The number of hydrogen-bond donors (Lipinski definition) is 0. The first-order chi connectivity index (χ1) is 18.3. The maximum absolute atomic E-state index is 2.71. The number of rotatable bonds is 33. The van der Waals surface area contributed by atoms with E-state index in [2.05, 4.69) is 25.7 Å². The molecule has 0 fully saturated rings. The quantitative estimate of drug-likeness (QED) is 0.0776. The molecule has 0 bridgehead atoms. The van der Waals surface area contributed by atoms with Gasteiger partial charge in [0.2, 0.25) is 0 Å². The van der Waals surface area contributed by atoms with Crippen molar-refractivity contribution in [3.63, 3.8) is 0 Å². The average molecular weight is 522 g/mol. The molecule has 0 spiro atoms. The Morgan fingerprint density at radius 2 is 0.432 bits per heavy atom. The van der Waals surface area contributed by atoms with Crippen LogP contribution < -0.4 is 0 Å². The maximum Gasteiger partial charge on any atom is -0.00189 e. The molecular formula is C36H75N. The molecule has 0 aliphatic rings. The third-order valence-corrected chi connectivity index (χ3v) is 8.60. The number of hydrogen-bond acceptors (Lipinski definition) is 1. The molecule has 0 amide bonds. The molecule has 0 saturated heterocycles. The Morgan fingerprint density at radius 3 is 0.622 bits per heavy atom. The lowest BCUT2D eigenvalue weighted by Gasteiger charge is -2.20. The van der Waals surface area contributed by atoms with Crippen molar-refractivity contribution in [2.75, 3.05) is 19.6 Å². The normalized spacial score (nSPS) is 11.7. The van der Waals surface area contributed by atoms with Gasteiger partial charge >= 0.3 is 0 Å². The van der Waals surface area contributed by atoms with Gasteiger partial charge in [0, 0.05) is 0 Å². The molecule has 0 atom stereocenters. The van der Waals surface area contributed by atoms with Gasteiger partial charge in [-0.3, -0.25) is 0 Å². The molecule has 0 heterocycles. The van der Waals surface area contributed by atoms with Crippen LogP contribution in [-0.2, 0) is 0 Å². The summed E-state index contributed by atoms with van der Waals surface area (Å²) in [7, 11) is 0. The highest BCUT2D eigenvalue weighted by Gasteiger charge is 2.02. The molecule has 224 valence electrons. The topological polar surface area (TPSA) is 3.24 Å². The summed E-state index contributed by atoms with van der Waals surface area (Å²) in [6.45, 7) is 10.9. The van der Waals surface area contributed by atoms with Gasteiger partial charge in [-0.2, -0.15) is 0 Å². The Hall–Kier alpha value is -0.0400. The van der Waals surface area contributed by atoms with Crippen molar-refractivity contribution in [2.24, 2.45) is 0 Å². The Morgan fingerprint density at radius 1 is 0.243 bits per heavy atom. The third kappa shape index (κ3) is 32.1. The lowest BCUT2D eigenvalue weighted by molar-refractivity contribution is 0.273. The van der Waals surface area contributed by atoms with E-state index in [-0.39, 0.29) is 0 Å². The lowest BCUT2D eigenvalue weighted by Crippen LogP contribution is -2.25. The maximum atomic E-state index is 2.71. The zero-order chi connectivity index (χ0) is 26.9. The van der Waals surface area contributed by atoms with Crippen molar-refractivity contribution in [1.82, 2.24) is 4.90 Å². The van der Waals surface area contributed by atoms with Crippen molar-refractivity contribution in [1.29, 1.82) is 0 Å². The van der Waals surface area contributed by atoms with Gasteiger partial charge in [0.15, 0.2) is 0 Å². The van der Waals surface area contributed by atoms with Crippen LogP contribution in [0.2, 0.25) is 0 Å². The van der Waals surface area contributed by atoms with Crippen LogP contribution in [-0.4, -0.2) is 24.5 Å². The monoisotopic (exact) mass is 522 g/mol. The van der Waals surface area contributed by atoms with Crippen LogP contribution in [0, 0.1) is 0 Å². The summed E-state index contributed by atoms with van der Waals surface area (Å²) in [4.78, 5) is 2.71. The zero-order valence-corrected chi connectivity index (χ0v) is 26.8. The second-order valence-electron chi connectivity index (χ2n) is 12.3. The molecule has 0 rings (SSSR count). The smallest absolute Gasteiger partial charge is 0.00189 e. The highest BCUT2D eigenvalue weighted by Crippen LogP contribution is 2.15. The van der Waals surface area contributed by atoms with Gasteiger partial charge in [-0.05, 0) is 32.5 Å². The van der Waals surface area contributed by atoms with Crippen LogP contribution in [0.3, 0.4) is 0 Å². The van der Waals surface area contributed by atoms with E-state index < -0.39 is 0 Å². The average Bonchev–Trinajstić information content (AvgIpc) is 2.91. The zero-order valence-electron chi connectivity index (χ0n) is 26.8. The largest absolute Gasteiger partial charge is 0.304 e. The van der Waals surface area contributed by atoms with Gasteiger partial charge in [0.05, 0.1) is 0 Å². The predicted octanol–water partition coefficient (Wildman–Crippen LogP) is 13.1. The second-order valence-corrected chi connectivity index (χ2v) is 12.3. The molecule has 0 unspecified atom stereocenters. The lowest BCUT2D eigenvalue weighted by atomic mass is 10.0. The second kappa shape index (κ2) is 34.0. The van der Waals surface area contributed by atoms with Gasteiger partial charge < -0.3 is 4.90 Å². The molecular weight excluding hydrogens is 446 g/mol. The minimum atomic E-state index is 1.25. The van der Waals surface area contributed by atoms with Crippen molar-refractivity contribution < 1.29 is 0 Å². The Balaban J connectivity index is 3.25. The summed E-state index contributed by atoms with van der Waals surface area (Å²) in [5.74, 6) is 0. The molecule has 0 aliphatic carbocycles. The van der Waals surface area contributed by atoms with Gasteiger partial charge in [-0.25, -0.2) is 0 Å². The SMILES string of the molecule is CCCCCCCCCCCCCCCCCN(CC)CCCCCCCCCCCCCCCCC. The minimum absolute atomic E-state index is 1.25. The molecule has 0 saturated carbocycles. The van der Waals surface area contributed by atoms with Crippen LogP contribution in [0.5, 0.6) is 0 Å². The van der Waals surface area contributed by atoms with Crippen molar-refractivity contribution in [3.8, 4) is 0 Å². The van der Waals surface area contributed by atoms with Crippen LogP contribution >= 0.6 is 0 Å². The van der Waals surface area contributed by atoms with Crippen molar-refractivity contribution in [3.05, 3.63) is 0 Å². The number of nitrogens with zero attached hydrogens (tertiary/aromatic N) is 1. The summed E-state index contributed by atoms with van der Waals surface area (Å²) in [6, 6.07) is 0. The number of unbranched alkanes of at least 4 members (excludes halogenated alkanes) is 28. The molecule has 0 aliphatic heterocycles. The Labute approximate surface area is 237 Å². The van der Waals surface area contributed by atoms with Gasteiger partial charge in [-0.1, -0.05) is 201 Å². The molecule has 0 aromatic heterocycles. The molecule has 37 heavy (non-hydrogen) atoms. The van der Waals surface area contributed by atoms with Crippen LogP contribution in [0.25, 0.3) is 0 Å². The van der Waals surface area contributed by atoms with E-state index in [1.54, 1.807) is 0 Å². The molecule has 0 aromatic carbocycles. The van der Waals surface area contributed by atoms with Crippen LogP contribution in [0.4, 0.5) is 0 Å². The fourth-order valence-corrected chi connectivity index (χ4v) is 5.84. The van der Waals surface area contributed by atoms with E-state index >= 15 is 0 Å². The van der Waals surface area contributed by atoms with E-state index in [9.17, 15) is 0 Å². The summed E-state index contributed by atoms with van der Waals surface area (Å²) in [5, 5.41) is 0. The first-order valence-electron chi connectivity index (χ1n) is 18.1. The molecule has 0 aromatic rings. The molecule has 0 radical (unpaired) electrons. The fraction of sp³-hybridized carbons (Fsp3) is 1.00. The van der Waals surface area contributed by atoms with E-state index in [4.69, 9.17) is 0 Å². The predicted molar refractivity (Wildman–Crippen MR) is 172 cm³/mol. The van der Waals surface area contributed by atoms with E-state index in [1.807, 2.05) is 0 Å². The highest BCUT2D eigenvalue weighted by molar-refractivity contribution is 4.58.